The minimum absolute atomic E-state index is 0.145. The molecule has 0 unspecified atom stereocenters. The van der Waals surface area contributed by atoms with Gasteiger partial charge in [0, 0.05) is 23.1 Å². The molecule has 0 fully saturated rings. The number of furan rings is 1. The maximum atomic E-state index is 5.85. The molecule has 3 rings (SSSR count). The monoisotopic (exact) mass is 229 g/mol. The SMILES string of the molecule is CC(C)(C)c1coc2c3c(ccc12)CNCC3. The molecule has 1 aliphatic heterocycles. The molecule has 0 atom stereocenters. The predicted octanol–water partition coefficient (Wildman–Crippen LogP) is 3.38. The number of benzene rings is 1. The van der Waals surface area contributed by atoms with Crippen LogP contribution < -0.4 is 5.32 Å². The first kappa shape index (κ1) is 10.8. The number of rotatable bonds is 0. The fraction of sp³-hybridized carbons (Fsp3) is 0.467. The third-order valence-electron chi connectivity index (χ3n) is 3.62. The molecule has 90 valence electrons. The number of hydrogen-bond acceptors (Lipinski definition) is 2. The summed E-state index contributed by atoms with van der Waals surface area (Å²) in [4.78, 5) is 0. The van der Waals surface area contributed by atoms with Crippen LogP contribution in [0.5, 0.6) is 0 Å². The molecule has 0 aliphatic carbocycles. The highest BCUT2D eigenvalue weighted by atomic mass is 16.3. The lowest BCUT2D eigenvalue weighted by Crippen LogP contribution is -2.23. The summed E-state index contributed by atoms with van der Waals surface area (Å²) in [5, 5.41) is 4.69. The molecular formula is C15H19NO. The van der Waals surface area contributed by atoms with Crippen LogP contribution in [0, 0.1) is 0 Å². The van der Waals surface area contributed by atoms with E-state index in [-0.39, 0.29) is 5.41 Å². The zero-order chi connectivity index (χ0) is 12.0. The largest absolute Gasteiger partial charge is 0.464 e. The van der Waals surface area contributed by atoms with Gasteiger partial charge in [-0.05, 0) is 23.9 Å². The van der Waals surface area contributed by atoms with Gasteiger partial charge in [-0.15, -0.1) is 0 Å². The summed E-state index contributed by atoms with van der Waals surface area (Å²) in [5.74, 6) is 0. The van der Waals surface area contributed by atoms with E-state index in [1.807, 2.05) is 6.26 Å². The zero-order valence-electron chi connectivity index (χ0n) is 10.8. The van der Waals surface area contributed by atoms with Gasteiger partial charge in [-0.3, -0.25) is 0 Å². The number of hydrogen-bond donors (Lipinski definition) is 1. The van der Waals surface area contributed by atoms with E-state index < -0.39 is 0 Å². The lowest BCUT2D eigenvalue weighted by Gasteiger charge is -2.19. The molecule has 2 heteroatoms. The average molecular weight is 229 g/mol. The van der Waals surface area contributed by atoms with E-state index in [0.717, 1.165) is 25.1 Å². The quantitative estimate of drug-likeness (QED) is 0.749. The standard InChI is InChI=1S/C15H19NO/c1-15(2,3)13-9-17-14-11-6-7-16-8-10(11)4-5-12(13)14/h4-5,9,16H,6-8H2,1-3H3. The zero-order valence-corrected chi connectivity index (χ0v) is 10.8. The maximum Gasteiger partial charge on any atom is 0.137 e. The summed E-state index contributed by atoms with van der Waals surface area (Å²) in [6, 6.07) is 4.46. The summed E-state index contributed by atoms with van der Waals surface area (Å²) < 4.78 is 5.85. The Morgan fingerprint density at radius 3 is 2.82 bits per heavy atom. The number of fused-ring (bicyclic) bond motifs is 3. The van der Waals surface area contributed by atoms with Gasteiger partial charge in [-0.1, -0.05) is 32.9 Å². The van der Waals surface area contributed by atoms with Gasteiger partial charge in [0.25, 0.3) is 0 Å². The van der Waals surface area contributed by atoms with Crippen LogP contribution in [-0.4, -0.2) is 6.54 Å². The van der Waals surface area contributed by atoms with Gasteiger partial charge < -0.3 is 9.73 Å². The Bertz CT molecular complexity index is 560. The first-order valence-electron chi connectivity index (χ1n) is 6.30. The molecule has 0 saturated heterocycles. The van der Waals surface area contributed by atoms with E-state index in [9.17, 15) is 0 Å². The highest BCUT2D eigenvalue weighted by Gasteiger charge is 2.22. The van der Waals surface area contributed by atoms with Gasteiger partial charge >= 0.3 is 0 Å². The summed E-state index contributed by atoms with van der Waals surface area (Å²) >= 11 is 0. The van der Waals surface area contributed by atoms with Crippen LogP contribution >= 0.6 is 0 Å². The first-order chi connectivity index (χ1) is 8.07. The Morgan fingerprint density at radius 2 is 2.06 bits per heavy atom. The molecule has 1 aliphatic rings. The van der Waals surface area contributed by atoms with E-state index in [1.165, 1.54) is 22.1 Å². The second-order valence-corrected chi connectivity index (χ2v) is 5.91. The summed E-state index contributed by atoms with van der Waals surface area (Å²) in [6.07, 6.45) is 3.01. The second kappa shape index (κ2) is 3.61. The van der Waals surface area contributed by atoms with Crippen molar-refractivity contribution < 1.29 is 4.42 Å². The third-order valence-corrected chi connectivity index (χ3v) is 3.62. The molecule has 2 heterocycles. The van der Waals surface area contributed by atoms with Crippen LogP contribution in [0.15, 0.2) is 22.8 Å². The third kappa shape index (κ3) is 1.67. The van der Waals surface area contributed by atoms with E-state index >= 15 is 0 Å². The highest BCUT2D eigenvalue weighted by molar-refractivity contribution is 5.86. The van der Waals surface area contributed by atoms with Crippen molar-refractivity contribution in [1.29, 1.82) is 0 Å². The van der Waals surface area contributed by atoms with Crippen molar-refractivity contribution in [2.45, 2.75) is 39.2 Å². The van der Waals surface area contributed by atoms with Crippen molar-refractivity contribution >= 4 is 11.0 Å². The highest BCUT2D eigenvalue weighted by Crippen LogP contribution is 2.35. The van der Waals surface area contributed by atoms with Gasteiger partial charge in [0.1, 0.15) is 5.58 Å². The summed E-state index contributed by atoms with van der Waals surface area (Å²) in [6.45, 7) is 8.73. The van der Waals surface area contributed by atoms with Crippen molar-refractivity contribution in [3.05, 3.63) is 35.1 Å². The molecule has 1 aromatic carbocycles. The Kier molecular flexibility index (Phi) is 2.30. The van der Waals surface area contributed by atoms with Crippen LogP contribution in [0.25, 0.3) is 11.0 Å². The lowest BCUT2D eigenvalue weighted by molar-refractivity contribution is 0.553. The van der Waals surface area contributed by atoms with Crippen LogP contribution in [0.3, 0.4) is 0 Å². The molecule has 0 amide bonds. The Hall–Kier alpha value is -1.28. The smallest absolute Gasteiger partial charge is 0.137 e. The average Bonchev–Trinajstić information content (AvgIpc) is 2.72. The minimum Gasteiger partial charge on any atom is -0.464 e. The summed E-state index contributed by atoms with van der Waals surface area (Å²) in [5.41, 5.74) is 5.35. The molecule has 2 aromatic rings. The minimum atomic E-state index is 0.145. The van der Waals surface area contributed by atoms with Gasteiger partial charge in [0.15, 0.2) is 0 Å². The van der Waals surface area contributed by atoms with Crippen molar-refractivity contribution in [2.75, 3.05) is 6.54 Å². The fourth-order valence-corrected chi connectivity index (χ4v) is 2.65. The number of nitrogens with one attached hydrogen (secondary N) is 1. The Morgan fingerprint density at radius 1 is 1.24 bits per heavy atom. The van der Waals surface area contributed by atoms with Crippen molar-refractivity contribution in [2.24, 2.45) is 0 Å². The van der Waals surface area contributed by atoms with Crippen LogP contribution in [0.2, 0.25) is 0 Å². The molecule has 17 heavy (non-hydrogen) atoms. The lowest BCUT2D eigenvalue weighted by atomic mass is 9.86. The molecule has 1 aromatic heterocycles. The maximum absolute atomic E-state index is 5.85. The molecule has 1 N–H and O–H groups in total. The van der Waals surface area contributed by atoms with Gasteiger partial charge in [0.05, 0.1) is 6.26 Å². The predicted molar refractivity (Wildman–Crippen MR) is 70.3 cm³/mol. The summed E-state index contributed by atoms with van der Waals surface area (Å²) in [7, 11) is 0. The van der Waals surface area contributed by atoms with Gasteiger partial charge in [0.2, 0.25) is 0 Å². The molecule has 0 saturated carbocycles. The van der Waals surface area contributed by atoms with Gasteiger partial charge in [-0.25, -0.2) is 0 Å². The van der Waals surface area contributed by atoms with Crippen LogP contribution in [0.4, 0.5) is 0 Å². The van der Waals surface area contributed by atoms with E-state index in [0.29, 0.717) is 0 Å². The van der Waals surface area contributed by atoms with E-state index in [1.54, 1.807) is 0 Å². The van der Waals surface area contributed by atoms with Crippen LogP contribution in [0.1, 0.15) is 37.5 Å². The molecule has 2 nitrogen and oxygen atoms in total. The molecule has 0 radical (unpaired) electrons. The molecule has 0 bridgehead atoms. The fourth-order valence-electron chi connectivity index (χ4n) is 2.65. The second-order valence-electron chi connectivity index (χ2n) is 5.91. The normalized spacial score (nSPS) is 16.2. The van der Waals surface area contributed by atoms with Crippen LogP contribution in [-0.2, 0) is 18.4 Å². The molecule has 0 spiro atoms. The topological polar surface area (TPSA) is 25.2 Å². The van der Waals surface area contributed by atoms with Crippen molar-refractivity contribution in [3.8, 4) is 0 Å². The van der Waals surface area contributed by atoms with Crippen molar-refractivity contribution in [1.82, 2.24) is 5.32 Å². The Labute approximate surface area is 102 Å². The first-order valence-corrected chi connectivity index (χ1v) is 6.30. The van der Waals surface area contributed by atoms with E-state index in [4.69, 9.17) is 4.42 Å². The van der Waals surface area contributed by atoms with E-state index in [2.05, 4.69) is 38.2 Å². The van der Waals surface area contributed by atoms with Gasteiger partial charge in [-0.2, -0.15) is 0 Å². The molecular weight excluding hydrogens is 210 g/mol. The Balaban J connectivity index is 2.26. The van der Waals surface area contributed by atoms with Crippen molar-refractivity contribution in [3.63, 3.8) is 0 Å².